The lowest BCUT2D eigenvalue weighted by Crippen LogP contribution is -2.36. The van der Waals surface area contributed by atoms with Crippen LogP contribution in [0.2, 0.25) is 0 Å². The summed E-state index contributed by atoms with van der Waals surface area (Å²) in [5.74, 6) is 0.557. The summed E-state index contributed by atoms with van der Waals surface area (Å²) in [6, 6.07) is 9.30. The highest BCUT2D eigenvalue weighted by Crippen LogP contribution is 2.31. The molecule has 0 saturated carbocycles. The number of nitro groups is 1. The van der Waals surface area contributed by atoms with Gasteiger partial charge in [-0.25, -0.2) is 0 Å². The zero-order chi connectivity index (χ0) is 15.6. The van der Waals surface area contributed by atoms with Crippen LogP contribution in [0, 0.1) is 17.0 Å². The molecule has 0 spiro atoms. The van der Waals surface area contributed by atoms with Gasteiger partial charge in [-0.3, -0.25) is 4.57 Å². The highest BCUT2D eigenvalue weighted by Gasteiger charge is 2.32. The van der Waals surface area contributed by atoms with E-state index in [9.17, 15) is 15.2 Å². The number of aromatic nitrogens is 2. The van der Waals surface area contributed by atoms with Crippen molar-refractivity contribution in [3.8, 4) is 0 Å². The van der Waals surface area contributed by atoms with Crippen molar-refractivity contribution >= 4 is 11.6 Å². The molecule has 0 aliphatic heterocycles. The van der Waals surface area contributed by atoms with Gasteiger partial charge in [-0.15, -0.1) is 0 Å². The van der Waals surface area contributed by atoms with Gasteiger partial charge in [-0.2, -0.15) is 0 Å². The molecule has 0 bridgehead atoms. The number of nitrogens with zero attached hydrogens (tertiary/aromatic N) is 3. The number of aliphatic hydroxyl groups is 1. The molecule has 1 aromatic heterocycles. The Kier molecular flexibility index (Phi) is 3.95. The summed E-state index contributed by atoms with van der Waals surface area (Å²) >= 11 is 0. The monoisotopic (exact) mass is 290 g/mol. The largest absolute Gasteiger partial charge is 0.406 e. The van der Waals surface area contributed by atoms with Crippen molar-refractivity contribution in [2.24, 2.45) is 7.05 Å². The van der Waals surface area contributed by atoms with Crippen LogP contribution in [0.4, 0.5) is 11.6 Å². The Morgan fingerprint density at radius 2 is 2.05 bits per heavy atom. The lowest BCUT2D eigenvalue weighted by atomic mass is 9.93. The number of imidazole rings is 1. The minimum atomic E-state index is -0.841. The molecule has 112 valence electrons. The second-order valence-corrected chi connectivity index (χ2v) is 5.13. The first-order chi connectivity index (χ1) is 9.89. The quantitative estimate of drug-likeness (QED) is 0.648. The maximum atomic E-state index is 11.1. The van der Waals surface area contributed by atoms with Gasteiger partial charge in [0.1, 0.15) is 0 Å². The maximum Gasteiger partial charge on any atom is 0.406 e. The Hall–Kier alpha value is -2.41. The van der Waals surface area contributed by atoms with Crippen LogP contribution in [0.3, 0.4) is 0 Å². The van der Waals surface area contributed by atoms with Crippen molar-refractivity contribution < 1.29 is 10.0 Å². The molecule has 1 atom stereocenters. The normalized spacial score (nSPS) is 13.7. The Labute approximate surface area is 122 Å². The van der Waals surface area contributed by atoms with Crippen LogP contribution in [-0.4, -0.2) is 26.2 Å². The highest BCUT2D eigenvalue weighted by atomic mass is 16.6. The summed E-state index contributed by atoms with van der Waals surface area (Å²) in [7, 11) is 1.69. The number of benzene rings is 1. The van der Waals surface area contributed by atoms with Gasteiger partial charge < -0.3 is 20.5 Å². The third-order valence-corrected chi connectivity index (χ3v) is 3.59. The standard InChI is InChI=1S/C14H18N4O3/c1-10-15-12(18(20)21)13(17(10)3)16-14(2,9-19)11-7-5-4-6-8-11/h4-8,16,19H,9H2,1-3H3. The number of rotatable bonds is 5. The lowest BCUT2D eigenvalue weighted by Gasteiger charge is -2.30. The fourth-order valence-electron chi connectivity index (χ4n) is 2.13. The molecule has 0 fully saturated rings. The second kappa shape index (κ2) is 5.53. The predicted molar refractivity (Wildman–Crippen MR) is 79.1 cm³/mol. The Balaban J connectivity index is 2.47. The molecule has 1 heterocycles. The highest BCUT2D eigenvalue weighted by molar-refractivity contribution is 5.56. The molecule has 0 radical (unpaired) electrons. The summed E-state index contributed by atoms with van der Waals surface area (Å²) in [6.45, 7) is 3.27. The molecule has 7 heteroatoms. The van der Waals surface area contributed by atoms with Crippen molar-refractivity contribution in [3.63, 3.8) is 0 Å². The molecule has 21 heavy (non-hydrogen) atoms. The van der Waals surface area contributed by atoms with Gasteiger partial charge in [0.15, 0.2) is 0 Å². The number of nitrogens with one attached hydrogen (secondary N) is 1. The fraction of sp³-hybridized carbons (Fsp3) is 0.357. The van der Waals surface area contributed by atoms with Gasteiger partial charge in [0.2, 0.25) is 11.6 Å². The van der Waals surface area contributed by atoms with Crippen molar-refractivity contribution in [1.29, 1.82) is 0 Å². The summed E-state index contributed by atoms with van der Waals surface area (Å²) in [6.07, 6.45) is 0. The number of hydrogen-bond donors (Lipinski definition) is 2. The third-order valence-electron chi connectivity index (χ3n) is 3.59. The average molecular weight is 290 g/mol. The molecule has 0 aliphatic carbocycles. The molecule has 0 amide bonds. The van der Waals surface area contributed by atoms with Crippen LogP contribution in [0.25, 0.3) is 0 Å². The smallest absolute Gasteiger partial charge is 0.394 e. The molecule has 1 unspecified atom stereocenters. The molecule has 0 saturated heterocycles. The van der Waals surface area contributed by atoms with E-state index < -0.39 is 10.5 Å². The summed E-state index contributed by atoms with van der Waals surface area (Å²) in [5, 5.41) is 24.0. The summed E-state index contributed by atoms with van der Waals surface area (Å²) in [4.78, 5) is 14.5. The van der Waals surface area contributed by atoms with Gasteiger partial charge in [-0.05, 0) is 22.4 Å². The third kappa shape index (κ3) is 2.73. The first kappa shape index (κ1) is 15.0. The minimum Gasteiger partial charge on any atom is -0.394 e. The van der Waals surface area contributed by atoms with Crippen LogP contribution in [0.15, 0.2) is 30.3 Å². The number of aliphatic hydroxyl groups excluding tert-OH is 1. The van der Waals surface area contributed by atoms with E-state index in [-0.39, 0.29) is 18.2 Å². The van der Waals surface area contributed by atoms with Crippen molar-refractivity contribution in [1.82, 2.24) is 9.55 Å². The van der Waals surface area contributed by atoms with E-state index in [0.29, 0.717) is 5.82 Å². The van der Waals surface area contributed by atoms with Gasteiger partial charge >= 0.3 is 5.82 Å². The van der Waals surface area contributed by atoms with Gasteiger partial charge in [0.05, 0.1) is 12.1 Å². The molecular weight excluding hydrogens is 272 g/mol. The topological polar surface area (TPSA) is 93.2 Å². The van der Waals surface area contributed by atoms with Crippen molar-refractivity contribution in [3.05, 3.63) is 51.8 Å². The summed E-state index contributed by atoms with van der Waals surface area (Å²) < 4.78 is 1.61. The van der Waals surface area contributed by atoms with Crippen LogP contribution in [0.5, 0.6) is 0 Å². The predicted octanol–water partition coefficient (Wildman–Crippen LogP) is 1.96. The van der Waals surface area contributed by atoms with E-state index in [1.165, 1.54) is 0 Å². The Morgan fingerprint density at radius 3 is 2.57 bits per heavy atom. The fourth-order valence-corrected chi connectivity index (χ4v) is 2.13. The first-order valence-electron chi connectivity index (χ1n) is 6.51. The van der Waals surface area contributed by atoms with Crippen molar-refractivity contribution in [2.45, 2.75) is 19.4 Å². The minimum absolute atomic E-state index is 0.210. The van der Waals surface area contributed by atoms with Crippen LogP contribution >= 0.6 is 0 Å². The molecule has 0 aliphatic rings. The van der Waals surface area contributed by atoms with Crippen LogP contribution in [-0.2, 0) is 12.6 Å². The molecule has 2 rings (SSSR count). The molecule has 2 aromatic rings. The molecular formula is C14H18N4O3. The van der Waals surface area contributed by atoms with E-state index in [1.807, 2.05) is 30.3 Å². The van der Waals surface area contributed by atoms with Crippen molar-refractivity contribution in [2.75, 3.05) is 11.9 Å². The van der Waals surface area contributed by atoms with E-state index in [0.717, 1.165) is 5.56 Å². The number of aryl methyl sites for hydroxylation is 1. The van der Waals surface area contributed by atoms with E-state index in [2.05, 4.69) is 10.3 Å². The SMILES string of the molecule is Cc1nc([N+](=O)[O-])c(NC(C)(CO)c2ccccc2)n1C. The van der Waals surface area contributed by atoms with Crippen LogP contribution < -0.4 is 5.32 Å². The summed E-state index contributed by atoms with van der Waals surface area (Å²) in [5.41, 5.74) is -0.00708. The van der Waals surface area contributed by atoms with Crippen LogP contribution in [0.1, 0.15) is 18.3 Å². The second-order valence-electron chi connectivity index (χ2n) is 5.13. The van der Waals surface area contributed by atoms with Gasteiger partial charge in [0, 0.05) is 14.0 Å². The maximum absolute atomic E-state index is 11.1. The lowest BCUT2D eigenvalue weighted by molar-refractivity contribution is -0.388. The van der Waals surface area contributed by atoms with E-state index in [4.69, 9.17) is 0 Å². The van der Waals surface area contributed by atoms with E-state index >= 15 is 0 Å². The van der Waals surface area contributed by atoms with Gasteiger partial charge in [-0.1, -0.05) is 30.3 Å². The molecule has 2 N–H and O–H groups in total. The first-order valence-corrected chi connectivity index (χ1v) is 6.51. The molecule has 1 aromatic carbocycles. The Bertz CT molecular complexity index is 654. The molecule has 7 nitrogen and oxygen atoms in total. The zero-order valence-corrected chi connectivity index (χ0v) is 12.2. The average Bonchev–Trinajstić information content (AvgIpc) is 2.76. The van der Waals surface area contributed by atoms with E-state index in [1.54, 1.807) is 25.5 Å². The van der Waals surface area contributed by atoms with Gasteiger partial charge in [0.25, 0.3) is 0 Å². The number of anilines is 1. The zero-order valence-electron chi connectivity index (χ0n) is 12.2. The Morgan fingerprint density at radius 1 is 1.43 bits per heavy atom. The number of hydrogen-bond acceptors (Lipinski definition) is 5.